The average molecular weight is 305 g/mol. The summed E-state index contributed by atoms with van der Waals surface area (Å²) in [5, 5.41) is 3.02. The Morgan fingerprint density at radius 3 is 2.62 bits per heavy atom. The van der Waals surface area contributed by atoms with Crippen LogP contribution in [0.1, 0.15) is 18.7 Å². The first-order valence-corrected chi connectivity index (χ1v) is 6.66. The topological polar surface area (TPSA) is 32.3 Å². The highest BCUT2D eigenvalue weighted by molar-refractivity contribution is 9.11. The number of nitrogens with zero attached hydrogens (tertiary/aromatic N) is 1. The van der Waals surface area contributed by atoms with Crippen LogP contribution < -0.4 is 5.32 Å². The predicted octanol–water partition coefficient (Wildman–Crippen LogP) is 2.47. The lowest BCUT2D eigenvalue weighted by Crippen LogP contribution is -2.51. The minimum absolute atomic E-state index is 0.0968. The zero-order valence-corrected chi connectivity index (χ0v) is 12.4. The Morgan fingerprint density at radius 2 is 2.19 bits per heavy atom. The monoisotopic (exact) mass is 304 g/mol. The van der Waals surface area contributed by atoms with Gasteiger partial charge in [0.05, 0.1) is 15.9 Å². The fourth-order valence-corrected chi connectivity index (χ4v) is 2.86. The standard InChI is InChI=1S/C11H17BrN2OS/c1-11(2,13-3)10(15)14(4)7-8-5-6-9(12)16-8/h5-6,13H,7H2,1-4H3. The van der Waals surface area contributed by atoms with E-state index in [2.05, 4.69) is 21.2 Å². The largest absolute Gasteiger partial charge is 0.339 e. The molecule has 16 heavy (non-hydrogen) atoms. The van der Waals surface area contributed by atoms with Crippen molar-refractivity contribution in [2.24, 2.45) is 0 Å². The van der Waals surface area contributed by atoms with Crippen molar-refractivity contribution in [1.29, 1.82) is 0 Å². The Hall–Kier alpha value is -0.390. The van der Waals surface area contributed by atoms with Gasteiger partial charge in [-0.15, -0.1) is 11.3 Å². The second kappa shape index (κ2) is 5.29. The fraction of sp³-hybridized carbons (Fsp3) is 0.545. The molecule has 90 valence electrons. The quantitative estimate of drug-likeness (QED) is 0.927. The molecule has 5 heteroatoms. The SMILES string of the molecule is CNC(C)(C)C(=O)N(C)Cc1ccc(Br)s1. The molecule has 0 spiro atoms. The number of carbonyl (C=O) groups excluding carboxylic acids is 1. The smallest absolute Gasteiger partial charge is 0.242 e. The van der Waals surface area contributed by atoms with E-state index in [1.807, 2.05) is 33.0 Å². The number of rotatable bonds is 4. The lowest BCUT2D eigenvalue weighted by atomic mass is 10.0. The van der Waals surface area contributed by atoms with E-state index in [4.69, 9.17) is 0 Å². The second-order valence-corrected chi connectivity index (χ2v) is 6.79. The van der Waals surface area contributed by atoms with Crippen molar-refractivity contribution in [3.8, 4) is 0 Å². The maximum Gasteiger partial charge on any atom is 0.242 e. The molecule has 0 saturated heterocycles. The van der Waals surface area contributed by atoms with Crippen molar-refractivity contribution >= 4 is 33.2 Å². The molecule has 0 radical (unpaired) electrons. The van der Waals surface area contributed by atoms with Gasteiger partial charge < -0.3 is 10.2 Å². The number of thiophene rings is 1. The Balaban J connectivity index is 2.65. The van der Waals surface area contributed by atoms with Crippen LogP contribution in [0.5, 0.6) is 0 Å². The molecule has 0 bridgehead atoms. The van der Waals surface area contributed by atoms with Crippen molar-refractivity contribution in [2.45, 2.75) is 25.9 Å². The van der Waals surface area contributed by atoms with E-state index in [1.165, 1.54) is 4.88 Å². The number of halogens is 1. The Kier molecular flexibility index (Phi) is 4.52. The fourth-order valence-electron chi connectivity index (χ4n) is 1.33. The maximum atomic E-state index is 12.1. The van der Waals surface area contributed by atoms with Gasteiger partial charge in [-0.1, -0.05) is 0 Å². The summed E-state index contributed by atoms with van der Waals surface area (Å²) in [5.74, 6) is 0.0968. The normalized spacial score (nSPS) is 11.6. The molecule has 1 aromatic heterocycles. The van der Waals surface area contributed by atoms with Gasteiger partial charge in [0, 0.05) is 11.9 Å². The summed E-state index contributed by atoms with van der Waals surface area (Å²) in [6.07, 6.45) is 0. The lowest BCUT2D eigenvalue weighted by molar-refractivity contribution is -0.136. The summed E-state index contributed by atoms with van der Waals surface area (Å²) >= 11 is 5.07. The first-order valence-electron chi connectivity index (χ1n) is 5.05. The first-order chi connectivity index (χ1) is 7.36. The van der Waals surface area contributed by atoms with Crippen molar-refractivity contribution in [3.05, 3.63) is 20.8 Å². The molecule has 1 amide bonds. The third kappa shape index (κ3) is 3.30. The average Bonchev–Trinajstić information content (AvgIpc) is 2.62. The Bertz CT molecular complexity index is 376. The van der Waals surface area contributed by atoms with Crippen LogP contribution in [0.3, 0.4) is 0 Å². The maximum absolute atomic E-state index is 12.1. The molecule has 0 aromatic carbocycles. The zero-order chi connectivity index (χ0) is 12.3. The second-order valence-electron chi connectivity index (χ2n) is 4.24. The molecule has 1 aromatic rings. The van der Waals surface area contributed by atoms with Crippen molar-refractivity contribution in [3.63, 3.8) is 0 Å². The van der Waals surface area contributed by atoms with Crippen LogP contribution >= 0.6 is 27.3 Å². The van der Waals surface area contributed by atoms with Crippen LogP contribution in [0.15, 0.2) is 15.9 Å². The summed E-state index contributed by atoms with van der Waals surface area (Å²) in [6.45, 7) is 4.42. The molecule has 1 N–H and O–H groups in total. The minimum Gasteiger partial charge on any atom is -0.339 e. The summed E-state index contributed by atoms with van der Waals surface area (Å²) in [7, 11) is 3.63. The van der Waals surface area contributed by atoms with E-state index in [9.17, 15) is 4.79 Å². The molecule has 3 nitrogen and oxygen atoms in total. The van der Waals surface area contributed by atoms with E-state index in [0.717, 1.165) is 3.79 Å². The van der Waals surface area contributed by atoms with Crippen LogP contribution in [0.25, 0.3) is 0 Å². The van der Waals surface area contributed by atoms with E-state index in [1.54, 1.807) is 23.3 Å². The summed E-state index contributed by atoms with van der Waals surface area (Å²) in [5.41, 5.74) is -0.511. The highest BCUT2D eigenvalue weighted by Crippen LogP contribution is 2.23. The number of amides is 1. The summed E-state index contributed by atoms with van der Waals surface area (Å²) in [4.78, 5) is 15.0. The predicted molar refractivity (Wildman–Crippen MR) is 71.6 cm³/mol. The highest BCUT2D eigenvalue weighted by Gasteiger charge is 2.28. The van der Waals surface area contributed by atoms with Gasteiger partial charge >= 0.3 is 0 Å². The van der Waals surface area contributed by atoms with E-state index >= 15 is 0 Å². The van der Waals surface area contributed by atoms with E-state index in [0.29, 0.717) is 6.54 Å². The zero-order valence-electron chi connectivity index (χ0n) is 10.0. The van der Waals surface area contributed by atoms with Crippen molar-refractivity contribution < 1.29 is 4.79 Å². The third-order valence-corrected chi connectivity index (χ3v) is 4.14. The van der Waals surface area contributed by atoms with Gasteiger partial charge in [0.2, 0.25) is 5.91 Å². The Morgan fingerprint density at radius 1 is 1.56 bits per heavy atom. The molecular formula is C11H17BrN2OS. The van der Waals surface area contributed by atoms with Crippen molar-refractivity contribution in [1.82, 2.24) is 10.2 Å². The molecule has 0 saturated carbocycles. The number of hydrogen-bond donors (Lipinski definition) is 1. The molecular weight excluding hydrogens is 288 g/mol. The van der Waals surface area contributed by atoms with E-state index in [-0.39, 0.29) is 5.91 Å². The first kappa shape index (κ1) is 13.7. The van der Waals surface area contributed by atoms with Crippen LogP contribution in [-0.4, -0.2) is 30.4 Å². The molecule has 0 unspecified atom stereocenters. The van der Waals surface area contributed by atoms with E-state index < -0.39 is 5.54 Å². The number of likely N-dealkylation sites (N-methyl/N-ethyl adjacent to an activating group) is 2. The van der Waals surface area contributed by atoms with Gasteiger partial charge in [-0.25, -0.2) is 0 Å². The number of carbonyl (C=O) groups is 1. The molecule has 0 aliphatic carbocycles. The highest BCUT2D eigenvalue weighted by atomic mass is 79.9. The molecule has 0 aliphatic rings. The van der Waals surface area contributed by atoms with Gasteiger partial charge in [-0.2, -0.15) is 0 Å². The van der Waals surface area contributed by atoms with Crippen LogP contribution in [0, 0.1) is 0 Å². The summed E-state index contributed by atoms with van der Waals surface area (Å²) in [6, 6.07) is 4.03. The van der Waals surface area contributed by atoms with Gasteiger partial charge in [-0.3, -0.25) is 4.79 Å². The summed E-state index contributed by atoms with van der Waals surface area (Å²) < 4.78 is 1.09. The molecule has 0 atom stereocenters. The van der Waals surface area contributed by atoms with Gasteiger partial charge in [0.1, 0.15) is 0 Å². The van der Waals surface area contributed by atoms with Crippen LogP contribution in [0.4, 0.5) is 0 Å². The van der Waals surface area contributed by atoms with Crippen LogP contribution in [-0.2, 0) is 11.3 Å². The van der Waals surface area contributed by atoms with Gasteiger partial charge in [0.15, 0.2) is 0 Å². The minimum atomic E-state index is -0.511. The molecule has 1 rings (SSSR count). The third-order valence-electron chi connectivity index (χ3n) is 2.53. The Labute approximate surface area is 109 Å². The van der Waals surface area contributed by atoms with Crippen LogP contribution in [0.2, 0.25) is 0 Å². The van der Waals surface area contributed by atoms with Crippen molar-refractivity contribution in [2.75, 3.05) is 14.1 Å². The van der Waals surface area contributed by atoms with Gasteiger partial charge in [0.25, 0.3) is 0 Å². The molecule has 1 heterocycles. The lowest BCUT2D eigenvalue weighted by Gasteiger charge is -2.28. The number of nitrogens with one attached hydrogen (secondary N) is 1. The van der Waals surface area contributed by atoms with Gasteiger partial charge in [-0.05, 0) is 49.0 Å². The number of hydrogen-bond acceptors (Lipinski definition) is 3. The molecule has 0 aliphatic heterocycles. The molecule has 0 fully saturated rings.